The molecule has 0 aliphatic carbocycles. The van der Waals surface area contributed by atoms with E-state index < -0.39 is 0 Å². The summed E-state index contributed by atoms with van der Waals surface area (Å²) in [5, 5.41) is 3.18. The summed E-state index contributed by atoms with van der Waals surface area (Å²) >= 11 is 5.27. The van der Waals surface area contributed by atoms with Crippen molar-refractivity contribution >= 4 is 37.4 Å². The molecule has 0 saturated carbocycles. The van der Waals surface area contributed by atoms with Crippen molar-refractivity contribution in [3.05, 3.63) is 63.7 Å². The summed E-state index contributed by atoms with van der Waals surface area (Å²) in [5.74, 6) is 0. The number of fused-ring (bicyclic) bond motifs is 1. The summed E-state index contributed by atoms with van der Waals surface area (Å²) < 4.78 is 2.36. The fourth-order valence-electron chi connectivity index (χ4n) is 1.85. The number of nitrogens with zero attached hydrogens (tertiary/aromatic N) is 1. The molecule has 0 saturated heterocycles. The van der Waals surface area contributed by atoms with E-state index in [2.05, 4.69) is 56.8 Å². The Morgan fingerprint density at radius 3 is 2.88 bits per heavy atom. The highest BCUT2D eigenvalue weighted by molar-refractivity contribution is 9.10. The molecule has 83 valence electrons. The Bertz CT molecular complexity index is 646. The molecule has 3 rings (SSSR count). The molecule has 0 bridgehead atoms. The molecular formula is C14H9BrNS. The van der Waals surface area contributed by atoms with Gasteiger partial charge in [-0.25, -0.2) is 0 Å². The van der Waals surface area contributed by atoms with Gasteiger partial charge in [-0.15, -0.1) is 11.3 Å². The van der Waals surface area contributed by atoms with Crippen molar-refractivity contribution in [2.45, 2.75) is 6.42 Å². The minimum Gasteiger partial charge on any atom is -0.254 e. The van der Waals surface area contributed by atoms with Gasteiger partial charge in [0.15, 0.2) is 0 Å². The van der Waals surface area contributed by atoms with Crippen LogP contribution in [-0.4, -0.2) is 4.98 Å². The molecule has 1 aromatic carbocycles. The van der Waals surface area contributed by atoms with Gasteiger partial charge in [-0.3, -0.25) is 4.98 Å². The zero-order valence-electron chi connectivity index (χ0n) is 8.98. The molecule has 0 aliphatic heterocycles. The van der Waals surface area contributed by atoms with Crippen LogP contribution in [0.2, 0.25) is 0 Å². The second kappa shape index (κ2) is 4.59. The van der Waals surface area contributed by atoms with Crippen LogP contribution in [0.1, 0.15) is 11.1 Å². The van der Waals surface area contributed by atoms with Crippen LogP contribution in [0, 0.1) is 6.20 Å². The van der Waals surface area contributed by atoms with E-state index in [-0.39, 0.29) is 0 Å². The fraction of sp³-hybridized carbons (Fsp3) is 0.0714. The van der Waals surface area contributed by atoms with Crippen molar-refractivity contribution in [3.8, 4) is 0 Å². The molecule has 1 nitrogen and oxygen atoms in total. The third-order valence-electron chi connectivity index (χ3n) is 2.67. The van der Waals surface area contributed by atoms with E-state index in [9.17, 15) is 0 Å². The molecule has 2 aromatic heterocycles. The monoisotopic (exact) mass is 302 g/mol. The Kier molecular flexibility index (Phi) is 2.95. The van der Waals surface area contributed by atoms with Crippen molar-refractivity contribution in [1.29, 1.82) is 0 Å². The van der Waals surface area contributed by atoms with Crippen molar-refractivity contribution < 1.29 is 0 Å². The van der Waals surface area contributed by atoms with Crippen LogP contribution >= 0.6 is 27.3 Å². The Labute approximate surface area is 112 Å². The van der Waals surface area contributed by atoms with Crippen molar-refractivity contribution in [1.82, 2.24) is 4.98 Å². The third kappa shape index (κ3) is 2.13. The number of pyridine rings is 1. The Morgan fingerprint density at radius 2 is 2.06 bits per heavy atom. The number of rotatable bonds is 2. The van der Waals surface area contributed by atoms with E-state index in [4.69, 9.17) is 0 Å². The van der Waals surface area contributed by atoms with E-state index in [1.807, 2.05) is 12.3 Å². The molecule has 0 N–H and O–H groups in total. The van der Waals surface area contributed by atoms with Gasteiger partial charge in [0.25, 0.3) is 0 Å². The molecule has 0 spiro atoms. The summed E-state index contributed by atoms with van der Waals surface area (Å²) in [5.41, 5.74) is 2.58. The average Bonchev–Trinajstić information content (AvgIpc) is 2.74. The second-order valence-electron chi connectivity index (χ2n) is 3.85. The van der Waals surface area contributed by atoms with Crippen LogP contribution in [0.4, 0.5) is 0 Å². The lowest BCUT2D eigenvalue weighted by molar-refractivity contribution is 1.17. The van der Waals surface area contributed by atoms with Gasteiger partial charge in [0, 0.05) is 32.6 Å². The Hall–Kier alpha value is -1.19. The van der Waals surface area contributed by atoms with E-state index in [0.717, 1.165) is 16.3 Å². The predicted octanol–water partition coefficient (Wildman–Crippen LogP) is 4.45. The first-order valence-electron chi connectivity index (χ1n) is 5.31. The van der Waals surface area contributed by atoms with Crippen LogP contribution in [0.15, 0.2) is 46.4 Å². The molecule has 1 radical (unpaired) electrons. The number of hydrogen-bond donors (Lipinski definition) is 0. The minimum absolute atomic E-state index is 0.923. The summed E-state index contributed by atoms with van der Waals surface area (Å²) in [6.07, 6.45) is 5.88. The number of aromatic nitrogens is 1. The normalized spacial score (nSPS) is 10.9. The maximum atomic E-state index is 4.19. The number of thiophene rings is 1. The van der Waals surface area contributed by atoms with E-state index in [1.54, 1.807) is 11.3 Å². The van der Waals surface area contributed by atoms with Crippen LogP contribution in [-0.2, 0) is 6.42 Å². The molecule has 3 heteroatoms. The predicted molar refractivity (Wildman–Crippen MR) is 75.4 cm³/mol. The highest BCUT2D eigenvalue weighted by Gasteiger charge is 2.07. The molecule has 0 fully saturated rings. The smallest absolute Gasteiger partial charge is 0.0991 e. The van der Waals surface area contributed by atoms with Crippen molar-refractivity contribution in [2.24, 2.45) is 0 Å². The maximum Gasteiger partial charge on any atom is 0.0991 e. The van der Waals surface area contributed by atoms with Gasteiger partial charge >= 0.3 is 0 Å². The van der Waals surface area contributed by atoms with Gasteiger partial charge in [0.05, 0.1) is 6.20 Å². The first-order chi connectivity index (χ1) is 8.34. The maximum absolute atomic E-state index is 4.19. The highest BCUT2D eigenvalue weighted by atomic mass is 79.9. The standard InChI is InChI=1S/C14H9BrNS/c15-13-9-17-14-11(7-16-8-12(13)14)6-10-4-2-1-3-5-10/h1-5,7,9H,6H2. The van der Waals surface area contributed by atoms with Crippen LogP contribution in [0.5, 0.6) is 0 Å². The van der Waals surface area contributed by atoms with Gasteiger partial charge in [0.2, 0.25) is 0 Å². The fourth-order valence-corrected chi connectivity index (χ4v) is 3.44. The van der Waals surface area contributed by atoms with Crippen molar-refractivity contribution in [3.63, 3.8) is 0 Å². The van der Waals surface area contributed by atoms with Gasteiger partial charge < -0.3 is 0 Å². The first kappa shape index (κ1) is 10.9. The zero-order valence-corrected chi connectivity index (χ0v) is 11.4. The highest BCUT2D eigenvalue weighted by Crippen LogP contribution is 2.32. The Morgan fingerprint density at radius 1 is 1.24 bits per heavy atom. The quantitative estimate of drug-likeness (QED) is 0.681. The summed E-state index contributed by atoms with van der Waals surface area (Å²) in [7, 11) is 0. The molecule has 0 aliphatic rings. The summed E-state index contributed by atoms with van der Waals surface area (Å²) in [4.78, 5) is 4.19. The lowest BCUT2D eigenvalue weighted by Gasteiger charge is -2.02. The van der Waals surface area contributed by atoms with E-state index >= 15 is 0 Å². The summed E-state index contributed by atoms with van der Waals surface area (Å²) in [6, 6.07) is 10.5. The third-order valence-corrected chi connectivity index (χ3v) is 4.66. The van der Waals surface area contributed by atoms with Gasteiger partial charge in [-0.1, -0.05) is 30.3 Å². The lowest BCUT2D eigenvalue weighted by atomic mass is 10.1. The lowest BCUT2D eigenvalue weighted by Crippen LogP contribution is -1.89. The van der Waals surface area contributed by atoms with Gasteiger partial charge in [0.1, 0.15) is 0 Å². The molecule has 0 unspecified atom stereocenters. The average molecular weight is 303 g/mol. The largest absolute Gasteiger partial charge is 0.254 e. The molecular weight excluding hydrogens is 294 g/mol. The van der Waals surface area contributed by atoms with Crippen molar-refractivity contribution in [2.75, 3.05) is 0 Å². The van der Waals surface area contributed by atoms with E-state index in [0.29, 0.717) is 0 Å². The number of hydrogen-bond acceptors (Lipinski definition) is 2. The SMILES string of the molecule is Brc1csc2c(Cc3ccccc3)cn[c]c12. The zero-order chi connectivity index (χ0) is 11.7. The number of benzene rings is 1. The van der Waals surface area contributed by atoms with Gasteiger partial charge in [-0.2, -0.15) is 0 Å². The molecule has 2 heterocycles. The van der Waals surface area contributed by atoms with Crippen LogP contribution in [0.3, 0.4) is 0 Å². The Balaban J connectivity index is 2.06. The van der Waals surface area contributed by atoms with Gasteiger partial charge in [-0.05, 0) is 27.1 Å². The number of halogens is 1. The topological polar surface area (TPSA) is 12.9 Å². The molecule has 3 aromatic rings. The molecule has 17 heavy (non-hydrogen) atoms. The van der Waals surface area contributed by atoms with Crippen LogP contribution < -0.4 is 0 Å². The van der Waals surface area contributed by atoms with Crippen LogP contribution in [0.25, 0.3) is 10.1 Å². The summed E-state index contributed by atoms with van der Waals surface area (Å²) in [6.45, 7) is 0. The molecule has 0 atom stereocenters. The van der Waals surface area contributed by atoms with E-state index in [1.165, 1.54) is 15.8 Å². The second-order valence-corrected chi connectivity index (χ2v) is 5.58. The minimum atomic E-state index is 0.923. The first-order valence-corrected chi connectivity index (χ1v) is 6.98. The molecule has 0 amide bonds.